The van der Waals surface area contributed by atoms with Crippen LogP contribution in [0.2, 0.25) is 0 Å². The van der Waals surface area contributed by atoms with Crippen LogP contribution in [0.1, 0.15) is 58.8 Å². The van der Waals surface area contributed by atoms with Crippen molar-refractivity contribution in [3.05, 3.63) is 0 Å². The smallest absolute Gasteiger partial charge is 0.0355 e. The molecule has 2 aliphatic carbocycles. The number of hydrogen-bond donors (Lipinski definition) is 0. The first-order chi connectivity index (χ1) is 6.33. The van der Waals surface area contributed by atoms with Crippen LogP contribution < -0.4 is 0 Å². The first-order valence-corrected chi connectivity index (χ1v) is 6.33. The Bertz CT molecular complexity index is 161. The molecule has 2 rings (SSSR count). The van der Waals surface area contributed by atoms with Crippen molar-refractivity contribution in [3.8, 4) is 0 Å². The Morgan fingerprint density at radius 3 is 2.23 bits per heavy atom. The molecule has 0 saturated heterocycles. The van der Waals surface area contributed by atoms with Crippen LogP contribution in [-0.4, -0.2) is 0 Å². The molecule has 0 aliphatic heterocycles. The minimum absolute atomic E-state index is 1.04. The summed E-state index contributed by atoms with van der Waals surface area (Å²) in [6.45, 7) is 4.88. The largest absolute Gasteiger partial charge is 0.0651 e. The predicted molar refractivity (Wildman–Crippen MR) is 57.6 cm³/mol. The van der Waals surface area contributed by atoms with Gasteiger partial charge in [-0.25, -0.2) is 0 Å². The molecule has 2 fully saturated rings. The lowest BCUT2D eigenvalue weighted by Crippen LogP contribution is -2.20. The van der Waals surface area contributed by atoms with Crippen LogP contribution in [0.3, 0.4) is 0 Å². The second-order valence-corrected chi connectivity index (χ2v) is 5.34. The first-order valence-electron chi connectivity index (χ1n) is 6.33. The van der Waals surface area contributed by atoms with E-state index >= 15 is 0 Å². The lowest BCUT2D eigenvalue weighted by atomic mass is 9.78. The van der Waals surface area contributed by atoms with E-state index in [0.717, 1.165) is 23.7 Å². The molecule has 2 aliphatic rings. The molecule has 4 atom stereocenters. The first kappa shape index (κ1) is 9.55. The zero-order chi connectivity index (χ0) is 9.26. The van der Waals surface area contributed by atoms with E-state index in [2.05, 4.69) is 13.8 Å². The van der Waals surface area contributed by atoms with Gasteiger partial charge in [-0.2, -0.15) is 0 Å². The van der Waals surface area contributed by atoms with E-state index in [9.17, 15) is 0 Å². The van der Waals surface area contributed by atoms with Gasteiger partial charge in [0.15, 0.2) is 0 Å². The summed E-state index contributed by atoms with van der Waals surface area (Å²) in [5.41, 5.74) is 0. The summed E-state index contributed by atoms with van der Waals surface area (Å²) in [7, 11) is 0. The van der Waals surface area contributed by atoms with E-state index in [1.165, 1.54) is 32.1 Å². The van der Waals surface area contributed by atoms with Gasteiger partial charge in [0.1, 0.15) is 0 Å². The van der Waals surface area contributed by atoms with E-state index in [1.807, 2.05) is 0 Å². The van der Waals surface area contributed by atoms with Gasteiger partial charge in [-0.1, -0.05) is 46.0 Å². The topological polar surface area (TPSA) is 0 Å². The summed E-state index contributed by atoms with van der Waals surface area (Å²) >= 11 is 0. The summed E-state index contributed by atoms with van der Waals surface area (Å²) in [4.78, 5) is 0. The van der Waals surface area contributed by atoms with Gasteiger partial charge < -0.3 is 0 Å². The zero-order valence-electron chi connectivity index (χ0n) is 9.26. The van der Waals surface area contributed by atoms with Gasteiger partial charge in [0.2, 0.25) is 0 Å². The van der Waals surface area contributed by atoms with Gasteiger partial charge in [0.25, 0.3) is 0 Å². The molecule has 0 amide bonds. The highest BCUT2D eigenvalue weighted by Gasteiger charge is 2.37. The van der Waals surface area contributed by atoms with Crippen molar-refractivity contribution in [2.45, 2.75) is 58.8 Å². The van der Waals surface area contributed by atoms with E-state index in [4.69, 9.17) is 0 Å². The molecule has 0 aromatic carbocycles. The molecule has 0 heteroatoms. The van der Waals surface area contributed by atoms with Crippen LogP contribution in [0.15, 0.2) is 0 Å². The Kier molecular flexibility index (Phi) is 2.96. The van der Waals surface area contributed by atoms with Gasteiger partial charge in [-0.3, -0.25) is 0 Å². The lowest BCUT2D eigenvalue weighted by molar-refractivity contribution is 0.215. The van der Waals surface area contributed by atoms with Crippen LogP contribution in [0.25, 0.3) is 0 Å². The lowest BCUT2D eigenvalue weighted by Gasteiger charge is -2.28. The van der Waals surface area contributed by atoms with Crippen molar-refractivity contribution >= 4 is 0 Å². The van der Waals surface area contributed by atoms with Crippen molar-refractivity contribution in [3.63, 3.8) is 0 Å². The predicted octanol–water partition coefficient (Wildman–Crippen LogP) is 4.25. The second kappa shape index (κ2) is 4.02. The van der Waals surface area contributed by atoms with Crippen molar-refractivity contribution in [1.29, 1.82) is 0 Å². The van der Waals surface area contributed by atoms with Gasteiger partial charge >= 0.3 is 0 Å². The maximum Gasteiger partial charge on any atom is -0.0355 e. The maximum absolute atomic E-state index is 2.49. The SMILES string of the molecule is CCC1CCCC1C1CCCC1C. The van der Waals surface area contributed by atoms with Gasteiger partial charge in [0.05, 0.1) is 0 Å². The standard InChI is InChI=1S/C13H24/c1-3-11-7-5-9-13(11)12-8-4-6-10(12)2/h10-13H,3-9H2,1-2H3. The Hall–Kier alpha value is 0. The van der Waals surface area contributed by atoms with Crippen LogP contribution >= 0.6 is 0 Å². The highest BCUT2D eigenvalue weighted by molar-refractivity contribution is 4.87. The second-order valence-electron chi connectivity index (χ2n) is 5.34. The molecule has 0 nitrogen and oxygen atoms in total. The normalized spacial score (nSPS) is 45.7. The summed E-state index contributed by atoms with van der Waals surface area (Å²) in [5, 5.41) is 0. The minimum atomic E-state index is 1.04. The summed E-state index contributed by atoms with van der Waals surface area (Å²) < 4.78 is 0. The molecule has 76 valence electrons. The molecule has 0 aromatic rings. The maximum atomic E-state index is 2.49. The molecular weight excluding hydrogens is 156 g/mol. The third kappa shape index (κ3) is 1.78. The minimum Gasteiger partial charge on any atom is -0.0651 e. The van der Waals surface area contributed by atoms with Crippen LogP contribution in [0.5, 0.6) is 0 Å². The van der Waals surface area contributed by atoms with Crippen molar-refractivity contribution in [1.82, 2.24) is 0 Å². The van der Waals surface area contributed by atoms with Crippen molar-refractivity contribution < 1.29 is 0 Å². The molecule has 2 saturated carbocycles. The molecule has 0 bridgehead atoms. The molecular formula is C13H24. The van der Waals surface area contributed by atoms with E-state index in [-0.39, 0.29) is 0 Å². The Morgan fingerprint density at radius 2 is 1.62 bits per heavy atom. The Morgan fingerprint density at radius 1 is 0.923 bits per heavy atom. The van der Waals surface area contributed by atoms with Gasteiger partial charge in [-0.15, -0.1) is 0 Å². The fraction of sp³-hybridized carbons (Fsp3) is 1.00. The number of hydrogen-bond acceptors (Lipinski definition) is 0. The average molecular weight is 180 g/mol. The molecule has 13 heavy (non-hydrogen) atoms. The van der Waals surface area contributed by atoms with Crippen LogP contribution in [0.4, 0.5) is 0 Å². The quantitative estimate of drug-likeness (QED) is 0.596. The van der Waals surface area contributed by atoms with E-state index in [0.29, 0.717) is 0 Å². The highest BCUT2D eigenvalue weighted by Crippen LogP contribution is 2.47. The Balaban J connectivity index is 1.98. The number of rotatable bonds is 2. The molecule has 0 N–H and O–H groups in total. The molecule has 0 aromatic heterocycles. The third-order valence-corrected chi connectivity index (χ3v) is 4.72. The third-order valence-electron chi connectivity index (χ3n) is 4.72. The summed E-state index contributed by atoms with van der Waals surface area (Å²) in [6.07, 6.45) is 10.6. The highest BCUT2D eigenvalue weighted by atomic mass is 14.4. The van der Waals surface area contributed by atoms with Crippen molar-refractivity contribution in [2.24, 2.45) is 23.7 Å². The van der Waals surface area contributed by atoms with E-state index < -0.39 is 0 Å². The molecule has 0 spiro atoms. The fourth-order valence-corrected chi connectivity index (χ4v) is 3.95. The van der Waals surface area contributed by atoms with Crippen LogP contribution in [0, 0.1) is 23.7 Å². The average Bonchev–Trinajstić information content (AvgIpc) is 2.71. The monoisotopic (exact) mass is 180 g/mol. The summed E-state index contributed by atoms with van der Waals surface area (Å²) in [5.74, 6) is 4.35. The van der Waals surface area contributed by atoms with Crippen LogP contribution in [-0.2, 0) is 0 Å². The van der Waals surface area contributed by atoms with Gasteiger partial charge in [0, 0.05) is 0 Å². The van der Waals surface area contributed by atoms with E-state index in [1.54, 1.807) is 12.8 Å². The fourth-order valence-electron chi connectivity index (χ4n) is 3.95. The summed E-state index contributed by atoms with van der Waals surface area (Å²) in [6, 6.07) is 0. The van der Waals surface area contributed by atoms with Crippen molar-refractivity contribution in [2.75, 3.05) is 0 Å². The zero-order valence-corrected chi connectivity index (χ0v) is 9.26. The molecule has 0 heterocycles. The molecule has 0 radical (unpaired) electrons. The Labute approximate surface area is 83.1 Å². The molecule has 4 unspecified atom stereocenters. The van der Waals surface area contributed by atoms with Gasteiger partial charge in [-0.05, 0) is 36.5 Å².